The van der Waals surface area contributed by atoms with E-state index in [1.807, 2.05) is 0 Å². The van der Waals surface area contributed by atoms with Crippen molar-refractivity contribution >= 4 is 5.91 Å². The standard InChI is InChI=1S/C10H13F3N4O/c1-16-8(10(11,12)13)6-7(15-16)9(18)17-4-2-14-3-5-17/h6,14H,2-5H2,1H3. The molecule has 5 nitrogen and oxygen atoms in total. The van der Waals surface area contributed by atoms with Crippen molar-refractivity contribution in [2.24, 2.45) is 7.05 Å². The highest BCUT2D eigenvalue weighted by Crippen LogP contribution is 2.29. The largest absolute Gasteiger partial charge is 0.433 e. The van der Waals surface area contributed by atoms with E-state index in [0.29, 0.717) is 30.9 Å². The minimum atomic E-state index is -4.50. The van der Waals surface area contributed by atoms with Crippen molar-refractivity contribution in [2.45, 2.75) is 6.18 Å². The van der Waals surface area contributed by atoms with Gasteiger partial charge in [0.15, 0.2) is 5.69 Å². The first kappa shape index (κ1) is 12.9. The first-order chi connectivity index (χ1) is 8.39. The molecule has 0 aromatic carbocycles. The van der Waals surface area contributed by atoms with E-state index < -0.39 is 17.8 Å². The molecule has 1 N–H and O–H groups in total. The van der Waals surface area contributed by atoms with Gasteiger partial charge < -0.3 is 10.2 Å². The van der Waals surface area contributed by atoms with Gasteiger partial charge in [-0.05, 0) is 0 Å². The predicted octanol–water partition coefficient (Wildman–Crippen LogP) is 0.484. The smallest absolute Gasteiger partial charge is 0.335 e. The van der Waals surface area contributed by atoms with Crippen molar-refractivity contribution in [2.75, 3.05) is 26.2 Å². The molecular weight excluding hydrogens is 249 g/mol. The summed E-state index contributed by atoms with van der Waals surface area (Å²) < 4.78 is 38.4. The zero-order valence-corrected chi connectivity index (χ0v) is 9.79. The molecule has 1 aliphatic heterocycles. The topological polar surface area (TPSA) is 50.2 Å². The van der Waals surface area contributed by atoms with E-state index in [-0.39, 0.29) is 5.69 Å². The summed E-state index contributed by atoms with van der Waals surface area (Å²) in [5, 5.41) is 6.70. The van der Waals surface area contributed by atoms with E-state index >= 15 is 0 Å². The maximum atomic E-state index is 12.6. The van der Waals surface area contributed by atoms with Crippen molar-refractivity contribution in [3.8, 4) is 0 Å². The Bertz CT molecular complexity index is 448. The highest BCUT2D eigenvalue weighted by Gasteiger charge is 2.36. The molecule has 2 heterocycles. The van der Waals surface area contributed by atoms with Crippen molar-refractivity contribution in [3.63, 3.8) is 0 Å². The Morgan fingerprint density at radius 1 is 1.39 bits per heavy atom. The Kier molecular flexibility index (Phi) is 3.29. The zero-order chi connectivity index (χ0) is 13.3. The van der Waals surface area contributed by atoms with Crippen LogP contribution in [-0.4, -0.2) is 46.8 Å². The second-order valence-corrected chi connectivity index (χ2v) is 4.08. The maximum absolute atomic E-state index is 12.6. The van der Waals surface area contributed by atoms with Crippen LogP contribution in [0.2, 0.25) is 0 Å². The molecule has 0 spiro atoms. The molecule has 0 saturated carbocycles. The lowest BCUT2D eigenvalue weighted by molar-refractivity contribution is -0.143. The number of hydrogen-bond donors (Lipinski definition) is 1. The van der Waals surface area contributed by atoms with Crippen LogP contribution in [0.4, 0.5) is 13.2 Å². The summed E-state index contributed by atoms with van der Waals surface area (Å²) >= 11 is 0. The molecule has 2 rings (SSSR count). The summed E-state index contributed by atoms with van der Waals surface area (Å²) in [6, 6.07) is 0.796. The number of nitrogens with one attached hydrogen (secondary N) is 1. The normalized spacial score (nSPS) is 17.0. The highest BCUT2D eigenvalue weighted by atomic mass is 19.4. The lowest BCUT2D eigenvalue weighted by Crippen LogP contribution is -2.46. The lowest BCUT2D eigenvalue weighted by atomic mass is 10.3. The van der Waals surface area contributed by atoms with E-state index in [4.69, 9.17) is 0 Å². The lowest BCUT2D eigenvalue weighted by Gasteiger charge is -2.26. The molecule has 1 fully saturated rings. The summed E-state index contributed by atoms with van der Waals surface area (Å²) in [5.74, 6) is -0.456. The van der Waals surface area contributed by atoms with E-state index in [1.165, 1.54) is 11.9 Å². The van der Waals surface area contributed by atoms with Crippen LogP contribution in [0, 0.1) is 0 Å². The van der Waals surface area contributed by atoms with Gasteiger partial charge in [-0.1, -0.05) is 0 Å². The summed E-state index contributed by atoms with van der Waals surface area (Å²) in [7, 11) is 1.18. The number of hydrogen-bond acceptors (Lipinski definition) is 3. The van der Waals surface area contributed by atoms with Gasteiger partial charge >= 0.3 is 6.18 Å². The van der Waals surface area contributed by atoms with Crippen LogP contribution in [0.3, 0.4) is 0 Å². The minimum absolute atomic E-state index is 0.160. The first-order valence-electron chi connectivity index (χ1n) is 5.51. The van der Waals surface area contributed by atoms with Crippen LogP contribution in [0.25, 0.3) is 0 Å². The molecule has 1 aromatic rings. The number of rotatable bonds is 1. The number of amides is 1. The average molecular weight is 262 g/mol. The second-order valence-electron chi connectivity index (χ2n) is 4.08. The molecular formula is C10H13F3N4O. The zero-order valence-electron chi connectivity index (χ0n) is 9.79. The molecule has 18 heavy (non-hydrogen) atoms. The number of carbonyl (C=O) groups is 1. The minimum Gasteiger partial charge on any atom is -0.335 e. The van der Waals surface area contributed by atoms with Gasteiger partial charge in [0.05, 0.1) is 0 Å². The molecule has 1 amide bonds. The summed E-state index contributed by atoms with van der Waals surface area (Å²) in [4.78, 5) is 13.4. The highest BCUT2D eigenvalue weighted by molar-refractivity contribution is 5.92. The summed E-state index contributed by atoms with van der Waals surface area (Å²) in [6.07, 6.45) is -4.50. The number of halogens is 3. The predicted molar refractivity (Wildman–Crippen MR) is 57.0 cm³/mol. The van der Waals surface area contributed by atoms with Gasteiger partial charge in [0.25, 0.3) is 5.91 Å². The molecule has 1 aliphatic rings. The fourth-order valence-electron chi connectivity index (χ4n) is 1.87. The SMILES string of the molecule is Cn1nc(C(=O)N2CCNCC2)cc1C(F)(F)F. The molecule has 0 radical (unpaired) electrons. The van der Waals surface area contributed by atoms with Gasteiger partial charge in [-0.3, -0.25) is 9.48 Å². The van der Waals surface area contributed by atoms with Crippen LogP contribution >= 0.6 is 0 Å². The maximum Gasteiger partial charge on any atom is 0.433 e. The fraction of sp³-hybridized carbons (Fsp3) is 0.600. The van der Waals surface area contributed by atoms with Crippen molar-refractivity contribution in [1.29, 1.82) is 0 Å². The quantitative estimate of drug-likeness (QED) is 0.801. The van der Waals surface area contributed by atoms with Gasteiger partial charge in [0.1, 0.15) is 5.69 Å². The van der Waals surface area contributed by atoms with Gasteiger partial charge in [0, 0.05) is 39.3 Å². The molecule has 100 valence electrons. The Morgan fingerprint density at radius 3 is 2.50 bits per heavy atom. The Balaban J connectivity index is 2.21. The van der Waals surface area contributed by atoms with Gasteiger partial charge in [0.2, 0.25) is 0 Å². The van der Waals surface area contributed by atoms with Gasteiger partial charge in [-0.25, -0.2) is 0 Å². The fourth-order valence-corrected chi connectivity index (χ4v) is 1.87. The van der Waals surface area contributed by atoms with E-state index in [0.717, 1.165) is 6.07 Å². The Labute approximate surface area is 102 Å². The number of alkyl halides is 3. The third kappa shape index (κ3) is 2.47. The summed E-state index contributed by atoms with van der Waals surface area (Å²) in [5.41, 5.74) is -1.08. The average Bonchev–Trinajstić information content (AvgIpc) is 2.71. The van der Waals surface area contributed by atoms with Crippen LogP contribution in [-0.2, 0) is 13.2 Å². The molecule has 1 saturated heterocycles. The van der Waals surface area contributed by atoms with E-state index in [1.54, 1.807) is 0 Å². The van der Waals surface area contributed by atoms with Crippen molar-refractivity contribution in [1.82, 2.24) is 20.0 Å². The second kappa shape index (κ2) is 4.60. The van der Waals surface area contributed by atoms with Crippen molar-refractivity contribution < 1.29 is 18.0 Å². The third-order valence-corrected chi connectivity index (χ3v) is 2.79. The molecule has 8 heteroatoms. The molecule has 0 bridgehead atoms. The summed E-state index contributed by atoms with van der Waals surface area (Å²) in [6.45, 7) is 2.25. The van der Waals surface area contributed by atoms with Crippen LogP contribution in [0.1, 0.15) is 16.2 Å². The first-order valence-corrected chi connectivity index (χ1v) is 5.51. The van der Waals surface area contributed by atoms with Gasteiger partial charge in [-0.2, -0.15) is 18.3 Å². The molecule has 0 atom stereocenters. The monoisotopic (exact) mass is 262 g/mol. The van der Waals surface area contributed by atoms with Crippen molar-refractivity contribution in [3.05, 3.63) is 17.5 Å². The number of carbonyl (C=O) groups excluding carboxylic acids is 1. The number of aryl methyl sites for hydroxylation is 1. The Hall–Kier alpha value is -1.57. The van der Waals surface area contributed by atoms with Crippen LogP contribution in [0.5, 0.6) is 0 Å². The third-order valence-electron chi connectivity index (χ3n) is 2.79. The molecule has 0 aliphatic carbocycles. The molecule has 0 unspecified atom stereocenters. The number of nitrogens with zero attached hydrogens (tertiary/aromatic N) is 3. The van der Waals surface area contributed by atoms with E-state index in [2.05, 4.69) is 10.4 Å². The number of piperazine rings is 1. The van der Waals surface area contributed by atoms with E-state index in [9.17, 15) is 18.0 Å². The van der Waals surface area contributed by atoms with Gasteiger partial charge in [-0.15, -0.1) is 0 Å². The Morgan fingerprint density at radius 2 is 2.00 bits per heavy atom. The number of aromatic nitrogens is 2. The van der Waals surface area contributed by atoms with Crippen LogP contribution < -0.4 is 5.32 Å². The van der Waals surface area contributed by atoms with Crippen LogP contribution in [0.15, 0.2) is 6.07 Å². The molecule has 1 aromatic heterocycles.